The van der Waals surface area contributed by atoms with Crippen LogP contribution in [-0.4, -0.2) is 38.0 Å². The molecule has 0 aliphatic carbocycles. The van der Waals surface area contributed by atoms with E-state index in [2.05, 4.69) is 5.32 Å². The van der Waals surface area contributed by atoms with E-state index in [0.29, 0.717) is 42.1 Å². The van der Waals surface area contributed by atoms with Crippen molar-refractivity contribution in [2.45, 2.75) is 25.7 Å². The molecule has 0 atom stereocenters. The molecule has 0 bridgehead atoms. The molecule has 2 aromatic rings. The van der Waals surface area contributed by atoms with Crippen molar-refractivity contribution >= 4 is 35.1 Å². The number of halogens is 1. The number of carbonyl (C=O) groups excluding carboxylic acids is 3. The van der Waals surface area contributed by atoms with Gasteiger partial charge in [-0.05, 0) is 61.2 Å². The van der Waals surface area contributed by atoms with Gasteiger partial charge in [0, 0.05) is 35.8 Å². The Balaban J connectivity index is 1.56. The Bertz CT molecular complexity index is 912. The summed E-state index contributed by atoms with van der Waals surface area (Å²) in [5, 5.41) is 3.39. The van der Waals surface area contributed by atoms with Crippen LogP contribution in [0.2, 0.25) is 5.02 Å². The Labute approximate surface area is 174 Å². The molecule has 0 radical (unpaired) electrons. The fraction of sp³-hybridized carbons (Fsp3) is 0.318. The largest absolute Gasteiger partial charge is 0.465 e. The molecule has 0 fully saturated rings. The van der Waals surface area contributed by atoms with Gasteiger partial charge in [0.1, 0.15) is 0 Å². The van der Waals surface area contributed by atoms with E-state index in [1.807, 2.05) is 6.07 Å². The van der Waals surface area contributed by atoms with Gasteiger partial charge in [-0.3, -0.25) is 9.59 Å². The third kappa shape index (κ3) is 4.95. The summed E-state index contributed by atoms with van der Waals surface area (Å²) in [5.41, 5.74) is 2.67. The normalized spacial score (nSPS) is 12.8. The Morgan fingerprint density at radius 1 is 1.14 bits per heavy atom. The third-order valence-corrected chi connectivity index (χ3v) is 5.17. The number of carbonyl (C=O) groups is 3. The number of ether oxygens (including phenoxy) is 1. The molecule has 29 heavy (non-hydrogen) atoms. The summed E-state index contributed by atoms with van der Waals surface area (Å²) in [6, 6.07) is 12.0. The lowest BCUT2D eigenvalue weighted by Gasteiger charge is -2.30. The van der Waals surface area contributed by atoms with Crippen molar-refractivity contribution in [3.8, 4) is 0 Å². The van der Waals surface area contributed by atoms with Crippen molar-refractivity contribution in [3.05, 3.63) is 64.2 Å². The highest BCUT2D eigenvalue weighted by Crippen LogP contribution is 2.31. The first-order valence-corrected chi connectivity index (χ1v) is 9.93. The minimum atomic E-state index is -0.388. The summed E-state index contributed by atoms with van der Waals surface area (Å²) in [6.45, 7) is 1.02. The van der Waals surface area contributed by atoms with E-state index in [4.69, 9.17) is 16.3 Å². The lowest BCUT2D eigenvalue weighted by Crippen LogP contribution is -2.36. The van der Waals surface area contributed by atoms with E-state index < -0.39 is 0 Å². The van der Waals surface area contributed by atoms with E-state index in [1.54, 1.807) is 41.3 Å². The number of benzene rings is 2. The van der Waals surface area contributed by atoms with E-state index >= 15 is 0 Å². The molecule has 6 nitrogen and oxygen atoms in total. The number of nitrogens with zero attached hydrogens (tertiary/aromatic N) is 1. The lowest BCUT2D eigenvalue weighted by molar-refractivity contribution is -0.118. The van der Waals surface area contributed by atoms with Gasteiger partial charge in [-0.25, -0.2) is 4.79 Å². The number of anilines is 1. The molecule has 0 spiro atoms. The second-order valence-electron chi connectivity index (χ2n) is 6.81. The van der Waals surface area contributed by atoms with Gasteiger partial charge in [-0.15, -0.1) is 0 Å². The molecule has 1 heterocycles. The average molecular weight is 415 g/mol. The standard InChI is InChI=1S/C22H23ClN2O4/c1-29-22(28)18-5-2-7-19-17(18)6-4-14-25(19)20(26)8-3-13-24-21(27)15-9-11-16(23)12-10-15/h2,5,7,9-12H,3-4,6,8,13-14H2,1H3,(H,24,27). The van der Waals surface area contributed by atoms with Gasteiger partial charge >= 0.3 is 5.97 Å². The Morgan fingerprint density at radius 2 is 1.90 bits per heavy atom. The first-order valence-electron chi connectivity index (χ1n) is 9.55. The minimum Gasteiger partial charge on any atom is -0.465 e. The Hall–Kier alpha value is -2.86. The summed E-state index contributed by atoms with van der Waals surface area (Å²) < 4.78 is 4.85. The molecule has 1 aliphatic rings. The monoisotopic (exact) mass is 414 g/mol. The van der Waals surface area contributed by atoms with Crippen molar-refractivity contribution in [2.24, 2.45) is 0 Å². The first-order chi connectivity index (χ1) is 14.0. The number of hydrogen-bond acceptors (Lipinski definition) is 4. The summed E-state index contributed by atoms with van der Waals surface area (Å²) in [7, 11) is 1.35. The number of esters is 1. The van der Waals surface area contributed by atoms with E-state index in [1.165, 1.54) is 7.11 Å². The molecule has 0 unspecified atom stereocenters. The van der Waals surface area contributed by atoms with Crippen molar-refractivity contribution in [2.75, 3.05) is 25.1 Å². The van der Waals surface area contributed by atoms with Crippen LogP contribution in [0, 0.1) is 0 Å². The van der Waals surface area contributed by atoms with Gasteiger partial charge in [-0.1, -0.05) is 17.7 Å². The highest BCUT2D eigenvalue weighted by molar-refractivity contribution is 6.30. The fourth-order valence-corrected chi connectivity index (χ4v) is 3.59. The number of hydrogen-bond donors (Lipinski definition) is 1. The van der Waals surface area contributed by atoms with Crippen LogP contribution in [0.4, 0.5) is 5.69 Å². The molecular formula is C22H23ClN2O4. The van der Waals surface area contributed by atoms with E-state index in [-0.39, 0.29) is 17.8 Å². The van der Waals surface area contributed by atoms with Crippen LogP contribution in [0.15, 0.2) is 42.5 Å². The highest BCUT2D eigenvalue weighted by atomic mass is 35.5. The lowest BCUT2D eigenvalue weighted by atomic mass is 9.96. The predicted octanol–water partition coefficient (Wildman–Crippen LogP) is 3.62. The molecule has 0 saturated heterocycles. The smallest absolute Gasteiger partial charge is 0.338 e. The SMILES string of the molecule is COC(=O)c1cccc2c1CCCN2C(=O)CCCNC(=O)c1ccc(Cl)cc1. The molecule has 2 aromatic carbocycles. The van der Waals surface area contributed by atoms with E-state index in [0.717, 1.165) is 24.1 Å². The molecule has 0 aromatic heterocycles. The topological polar surface area (TPSA) is 75.7 Å². The zero-order valence-corrected chi connectivity index (χ0v) is 17.0. The van der Waals surface area contributed by atoms with Gasteiger partial charge in [0.15, 0.2) is 0 Å². The summed E-state index contributed by atoms with van der Waals surface area (Å²) >= 11 is 5.82. The van der Waals surface area contributed by atoms with E-state index in [9.17, 15) is 14.4 Å². The second-order valence-corrected chi connectivity index (χ2v) is 7.25. The minimum absolute atomic E-state index is 0.0197. The van der Waals surface area contributed by atoms with Crippen molar-refractivity contribution in [3.63, 3.8) is 0 Å². The molecule has 1 aliphatic heterocycles. The van der Waals surface area contributed by atoms with Gasteiger partial charge in [-0.2, -0.15) is 0 Å². The van der Waals surface area contributed by atoms with Gasteiger partial charge < -0.3 is 15.0 Å². The van der Waals surface area contributed by atoms with Gasteiger partial charge in [0.25, 0.3) is 5.91 Å². The van der Waals surface area contributed by atoms with Crippen molar-refractivity contribution < 1.29 is 19.1 Å². The van der Waals surface area contributed by atoms with Crippen LogP contribution in [-0.2, 0) is 16.0 Å². The average Bonchev–Trinajstić information content (AvgIpc) is 2.75. The zero-order chi connectivity index (χ0) is 20.8. The Morgan fingerprint density at radius 3 is 2.62 bits per heavy atom. The van der Waals surface area contributed by atoms with Gasteiger partial charge in [0.2, 0.25) is 5.91 Å². The molecular weight excluding hydrogens is 392 g/mol. The van der Waals surface area contributed by atoms with Crippen LogP contribution in [0.3, 0.4) is 0 Å². The van der Waals surface area contributed by atoms with Crippen LogP contribution >= 0.6 is 11.6 Å². The summed E-state index contributed by atoms with van der Waals surface area (Å²) in [4.78, 5) is 38.6. The maximum atomic E-state index is 12.7. The highest BCUT2D eigenvalue weighted by Gasteiger charge is 2.26. The van der Waals surface area contributed by atoms with Crippen LogP contribution in [0.25, 0.3) is 0 Å². The summed E-state index contributed by atoms with van der Waals surface area (Å²) in [6.07, 6.45) is 2.37. The molecule has 1 N–H and O–H groups in total. The number of amides is 2. The molecule has 152 valence electrons. The predicted molar refractivity (Wildman–Crippen MR) is 111 cm³/mol. The number of fused-ring (bicyclic) bond motifs is 1. The van der Waals surface area contributed by atoms with Crippen molar-refractivity contribution in [1.29, 1.82) is 0 Å². The second kappa shape index (κ2) is 9.56. The Kier molecular flexibility index (Phi) is 6.88. The quantitative estimate of drug-likeness (QED) is 0.578. The van der Waals surface area contributed by atoms with Crippen LogP contribution < -0.4 is 10.2 Å². The number of methoxy groups -OCH3 is 1. The maximum Gasteiger partial charge on any atom is 0.338 e. The zero-order valence-electron chi connectivity index (χ0n) is 16.2. The fourth-order valence-electron chi connectivity index (χ4n) is 3.46. The van der Waals surface area contributed by atoms with Crippen LogP contribution in [0.1, 0.15) is 45.5 Å². The number of nitrogens with one attached hydrogen (secondary N) is 1. The van der Waals surface area contributed by atoms with Crippen molar-refractivity contribution in [1.82, 2.24) is 5.32 Å². The molecule has 2 amide bonds. The molecule has 7 heteroatoms. The maximum absolute atomic E-state index is 12.7. The van der Waals surface area contributed by atoms with Crippen LogP contribution in [0.5, 0.6) is 0 Å². The molecule has 0 saturated carbocycles. The third-order valence-electron chi connectivity index (χ3n) is 4.92. The summed E-state index contributed by atoms with van der Waals surface area (Å²) in [5.74, 6) is -0.602. The number of rotatable bonds is 6. The first kappa shape index (κ1) is 20.9. The van der Waals surface area contributed by atoms with Gasteiger partial charge in [0.05, 0.1) is 12.7 Å². The molecule has 3 rings (SSSR count).